The van der Waals surface area contributed by atoms with Gasteiger partial charge in [0.05, 0.1) is 11.6 Å². The van der Waals surface area contributed by atoms with Crippen molar-refractivity contribution < 1.29 is 14.3 Å². The summed E-state index contributed by atoms with van der Waals surface area (Å²) in [5.74, 6) is 0.409. The number of anilines is 1. The summed E-state index contributed by atoms with van der Waals surface area (Å²) in [5, 5.41) is -0.230. The molecule has 2 saturated heterocycles. The van der Waals surface area contributed by atoms with E-state index in [0.717, 1.165) is 43.5 Å². The van der Waals surface area contributed by atoms with Gasteiger partial charge in [-0.1, -0.05) is 49.1 Å². The van der Waals surface area contributed by atoms with Crippen LogP contribution in [0, 0.1) is 6.92 Å². The number of amides is 2. The highest BCUT2D eigenvalue weighted by Gasteiger charge is 2.36. The average molecular weight is 450 g/mol. The third-order valence-electron chi connectivity index (χ3n) is 5.61. The van der Waals surface area contributed by atoms with Crippen LogP contribution < -0.4 is 9.64 Å². The van der Waals surface area contributed by atoms with Crippen LogP contribution in [0.15, 0.2) is 66.1 Å². The fourth-order valence-corrected chi connectivity index (χ4v) is 4.71. The van der Waals surface area contributed by atoms with E-state index < -0.39 is 0 Å². The van der Waals surface area contributed by atoms with Gasteiger partial charge < -0.3 is 9.64 Å². The number of thioether (sulfide) groups is 1. The van der Waals surface area contributed by atoms with Gasteiger partial charge in [0.2, 0.25) is 0 Å². The quantitative estimate of drug-likeness (QED) is 0.462. The van der Waals surface area contributed by atoms with Gasteiger partial charge in [-0.05, 0) is 42.5 Å². The lowest BCUT2D eigenvalue weighted by atomic mass is 10.1. The number of rotatable bonds is 7. The summed E-state index contributed by atoms with van der Waals surface area (Å²) in [6, 6.07) is 15.8. The first kappa shape index (κ1) is 22.2. The Labute approximate surface area is 193 Å². The van der Waals surface area contributed by atoms with Gasteiger partial charge in [0.1, 0.15) is 12.4 Å². The predicted octanol–water partition coefficient (Wildman–Crippen LogP) is 4.38. The Morgan fingerprint density at radius 1 is 1.03 bits per heavy atom. The van der Waals surface area contributed by atoms with Gasteiger partial charge >= 0.3 is 0 Å². The highest BCUT2D eigenvalue weighted by atomic mass is 32.2. The van der Waals surface area contributed by atoms with Crippen LogP contribution in [0.2, 0.25) is 0 Å². The molecule has 0 N–H and O–H groups in total. The Morgan fingerprint density at radius 2 is 1.75 bits per heavy atom. The van der Waals surface area contributed by atoms with Crippen molar-refractivity contribution in [1.82, 2.24) is 9.80 Å². The molecule has 2 aliphatic rings. The van der Waals surface area contributed by atoms with Crippen molar-refractivity contribution in [2.24, 2.45) is 0 Å². The molecule has 0 unspecified atom stereocenters. The molecule has 0 saturated carbocycles. The number of aryl methyl sites for hydroxylation is 1. The SMILES string of the molecule is C=CCOc1ccccc1C=C1SC(=O)N(CN2CCN(c3ccccc3C)CC2)C1=O. The monoisotopic (exact) mass is 449 g/mol. The van der Waals surface area contributed by atoms with E-state index in [9.17, 15) is 9.59 Å². The standard InChI is InChI=1S/C25H27N3O3S/c1-3-16-31-22-11-7-5-9-20(22)17-23-24(29)28(25(30)32-23)18-26-12-14-27(15-13-26)21-10-6-4-8-19(21)2/h3-11,17H,1,12-16,18H2,2H3. The van der Waals surface area contributed by atoms with Crippen molar-refractivity contribution >= 4 is 34.7 Å². The van der Waals surface area contributed by atoms with E-state index in [-0.39, 0.29) is 11.1 Å². The minimum Gasteiger partial charge on any atom is -0.489 e. The van der Waals surface area contributed by atoms with E-state index in [1.165, 1.54) is 16.2 Å². The number of hydrogen-bond acceptors (Lipinski definition) is 6. The molecule has 0 atom stereocenters. The molecule has 0 radical (unpaired) electrons. The van der Waals surface area contributed by atoms with E-state index >= 15 is 0 Å². The molecular formula is C25H27N3O3S. The number of para-hydroxylation sites is 2. The first-order chi connectivity index (χ1) is 15.6. The molecule has 32 heavy (non-hydrogen) atoms. The van der Waals surface area contributed by atoms with Crippen molar-refractivity contribution in [2.45, 2.75) is 6.92 Å². The first-order valence-corrected chi connectivity index (χ1v) is 11.5. The molecule has 2 heterocycles. The second-order valence-electron chi connectivity index (χ2n) is 7.78. The van der Waals surface area contributed by atoms with Crippen molar-refractivity contribution in [2.75, 3.05) is 44.4 Å². The number of hydrogen-bond donors (Lipinski definition) is 0. The molecule has 0 bridgehead atoms. The average Bonchev–Trinajstić information content (AvgIpc) is 3.07. The zero-order valence-corrected chi connectivity index (χ0v) is 19.0. The lowest BCUT2D eigenvalue weighted by molar-refractivity contribution is -0.124. The van der Waals surface area contributed by atoms with Crippen molar-refractivity contribution in [3.63, 3.8) is 0 Å². The summed E-state index contributed by atoms with van der Waals surface area (Å²) in [5.41, 5.74) is 3.28. The molecule has 7 heteroatoms. The molecule has 6 nitrogen and oxygen atoms in total. The topological polar surface area (TPSA) is 53.1 Å². The number of piperazine rings is 1. The van der Waals surface area contributed by atoms with E-state index in [1.807, 2.05) is 30.3 Å². The molecule has 2 aliphatic heterocycles. The van der Waals surface area contributed by atoms with E-state index in [4.69, 9.17) is 4.74 Å². The minimum absolute atomic E-state index is 0.230. The second kappa shape index (κ2) is 10.1. The highest BCUT2D eigenvalue weighted by Crippen LogP contribution is 2.34. The Hall–Kier alpha value is -3.03. The maximum Gasteiger partial charge on any atom is 0.294 e. The number of carbonyl (C=O) groups is 2. The summed E-state index contributed by atoms with van der Waals surface area (Å²) >= 11 is 0.983. The van der Waals surface area contributed by atoms with Gasteiger partial charge in [0.25, 0.3) is 11.1 Å². The van der Waals surface area contributed by atoms with Crippen LogP contribution in [0.4, 0.5) is 10.5 Å². The molecule has 0 aliphatic carbocycles. The maximum atomic E-state index is 13.0. The van der Waals surface area contributed by atoms with Crippen LogP contribution >= 0.6 is 11.8 Å². The summed E-state index contributed by atoms with van der Waals surface area (Å²) in [6.07, 6.45) is 3.41. The Bertz CT molecular complexity index is 1040. The minimum atomic E-state index is -0.250. The van der Waals surface area contributed by atoms with Gasteiger partial charge in [-0.3, -0.25) is 19.4 Å². The Morgan fingerprint density at radius 3 is 2.50 bits per heavy atom. The molecule has 2 amide bonds. The van der Waals surface area contributed by atoms with Gasteiger partial charge in [-0.2, -0.15) is 0 Å². The third-order valence-corrected chi connectivity index (χ3v) is 6.51. The lowest BCUT2D eigenvalue weighted by Gasteiger charge is -2.37. The second-order valence-corrected chi connectivity index (χ2v) is 8.77. The van der Waals surface area contributed by atoms with Crippen LogP contribution in [0.3, 0.4) is 0 Å². The van der Waals surface area contributed by atoms with Crippen molar-refractivity contribution in [3.05, 3.63) is 77.2 Å². The number of ether oxygens (including phenoxy) is 1. The van der Waals surface area contributed by atoms with E-state index in [2.05, 4.69) is 41.5 Å². The summed E-state index contributed by atoms with van der Waals surface area (Å²) < 4.78 is 5.67. The summed E-state index contributed by atoms with van der Waals surface area (Å²) in [4.78, 5) is 31.8. The third kappa shape index (κ3) is 4.89. The van der Waals surface area contributed by atoms with Crippen LogP contribution in [0.5, 0.6) is 5.75 Å². The summed E-state index contributed by atoms with van der Waals surface area (Å²) in [7, 11) is 0. The van der Waals surface area contributed by atoms with Gasteiger partial charge in [0.15, 0.2) is 0 Å². The number of imide groups is 1. The largest absolute Gasteiger partial charge is 0.489 e. The van der Waals surface area contributed by atoms with Gasteiger partial charge in [-0.25, -0.2) is 0 Å². The zero-order valence-electron chi connectivity index (χ0n) is 18.2. The molecule has 2 aromatic rings. The van der Waals surface area contributed by atoms with Crippen molar-refractivity contribution in [1.29, 1.82) is 0 Å². The number of nitrogens with zero attached hydrogens (tertiary/aromatic N) is 3. The van der Waals surface area contributed by atoms with Crippen LogP contribution in [0.25, 0.3) is 6.08 Å². The zero-order chi connectivity index (χ0) is 22.5. The Balaban J connectivity index is 1.40. The molecular weight excluding hydrogens is 422 g/mol. The lowest BCUT2D eigenvalue weighted by Crippen LogP contribution is -2.51. The molecule has 0 aromatic heterocycles. The molecule has 2 fully saturated rings. The van der Waals surface area contributed by atoms with Gasteiger partial charge in [0, 0.05) is 37.4 Å². The highest BCUT2D eigenvalue weighted by molar-refractivity contribution is 8.18. The Kier molecular flexibility index (Phi) is 6.97. The first-order valence-electron chi connectivity index (χ1n) is 10.7. The van der Waals surface area contributed by atoms with Crippen LogP contribution in [-0.4, -0.2) is 60.4 Å². The predicted molar refractivity (Wildman–Crippen MR) is 130 cm³/mol. The molecule has 4 rings (SSSR count). The number of benzene rings is 2. The van der Waals surface area contributed by atoms with Crippen LogP contribution in [-0.2, 0) is 4.79 Å². The van der Waals surface area contributed by atoms with Crippen molar-refractivity contribution in [3.8, 4) is 5.75 Å². The molecule has 0 spiro atoms. The smallest absolute Gasteiger partial charge is 0.294 e. The van der Waals surface area contributed by atoms with Gasteiger partial charge in [-0.15, -0.1) is 0 Å². The van der Waals surface area contributed by atoms with E-state index in [1.54, 1.807) is 12.2 Å². The fourth-order valence-electron chi connectivity index (χ4n) is 3.89. The fraction of sp³-hybridized carbons (Fsp3) is 0.280. The normalized spacial score (nSPS) is 18.5. The van der Waals surface area contributed by atoms with E-state index in [0.29, 0.717) is 23.9 Å². The van der Waals surface area contributed by atoms with Crippen LogP contribution in [0.1, 0.15) is 11.1 Å². The number of carbonyl (C=O) groups excluding carboxylic acids is 2. The maximum absolute atomic E-state index is 13.0. The molecule has 166 valence electrons. The molecule has 2 aromatic carbocycles. The summed E-state index contributed by atoms with van der Waals surface area (Å²) in [6.45, 7) is 9.81.